The van der Waals surface area contributed by atoms with Gasteiger partial charge in [0.2, 0.25) is 0 Å². The van der Waals surface area contributed by atoms with Crippen LogP contribution in [0.15, 0.2) is 18.2 Å². The van der Waals surface area contributed by atoms with Crippen molar-refractivity contribution < 1.29 is 19.4 Å². The summed E-state index contributed by atoms with van der Waals surface area (Å²) in [4.78, 5) is 11.4. The summed E-state index contributed by atoms with van der Waals surface area (Å²) in [6.45, 7) is 8.13. The Kier molecular flexibility index (Phi) is 4.14. The second-order valence-corrected chi connectivity index (χ2v) is 6.24. The van der Waals surface area contributed by atoms with Crippen LogP contribution in [0.3, 0.4) is 0 Å². The smallest absolute Gasteiger partial charge is 0.327 e. The summed E-state index contributed by atoms with van der Waals surface area (Å²) in [5, 5.41) is 12.3. The minimum absolute atomic E-state index is 0.0381. The molecule has 5 nitrogen and oxygen atoms in total. The van der Waals surface area contributed by atoms with Gasteiger partial charge in [0, 0.05) is 12.0 Å². The molecule has 1 atom stereocenters. The molecule has 1 unspecified atom stereocenters. The fourth-order valence-corrected chi connectivity index (χ4v) is 2.50. The SMILES string of the molecule is CCNC(C)(COc1cccc2c1OC(C)(C)C2)C(=O)O. The summed E-state index contributed by atoms with van der Waals surface area (Å²) in [5.41, 5.74) is -0.275. The molecule has 0 aliphatic carbocycles. The third-order valence-corrected chi connectivity index (χ3v) is 3.61. The largest absolute Gasteiger partial charge is 0.487 e. The van der Waals surface area contributed by atoms with Crippen molar-refractivity contribution in [3.63, 3.8) is 0 Å². The molecule has 0 fully saturated rings. The summed E-state index contributed by atoms with van der Waals surface area (Å²) < 4.78 is 11.7. The van der Waals surface area contributed by atoms with Crippen LogP contribution in [-0.4, -0.2) is 35.4 Å². The number of fused-ring (bicyclic) bond motifs is 1. The van der Waals surface area contributed by atoms with Gasteiger partial charge in [-0.25, -0.2) is 0 Å². The molecule has 0 amide bonds. The number of aliphatic carboxylic acids is 1. The van der Waals surface area contributed by atoms with E-state index in [2.05, 4.69) is 5.32 Å². The third kappa shape index (κ3) is 3.29. The van der Waals surface area contributed by atoms with Gasteiger partial charge in [-0.05, 0) is 33.4 Å². The van der Waals surface area contributed by atoms with Crippen molar-refractivity contribution in [1.29, 1.82) is 0 Å². The van der Waals surface area contributed by atoms with Gasteiger partial charge in [-0.2, -0.15) is 0 Å². The van der Waals surface area contributed by atoms with Crippen molar-refractivity contribution in [3.8, 4) is 11.5 Å². The van der Waals surface area contributed by atoms with E-state index < -0.39 is 11.5 Å². The Morgan fingerprint density at radius 1 is 1.52 bits per heavy atom. The molecular weight excluding hydrogens is 270 g/mol. The lowest BCUT2D eigenvalue weighted by molar-refractivity contribution is -0.145. The molecule has 1 heterocycles. The standard InChI is InChI=1S/C16H23NO4/c1-5-17-16(4,14(18)19)10-20-12-8-6-7-11-9-15(2,3)21-13(11)12/h6-8,17H,5,9-10H2,1-4H3,(H,18,19). The predicted molar refractivity (Wildman–Crippen MR) is 80.1 cm³/mol. The molecule has 1 aliphatic rings. The highest BCUT2D eigenvalue weighted by molar-refractivity contribution is 5.78. The summed E-state index contributed by atoms with van der Waals surface area (Å²) in [5.74, 6) is 0.397. The highest BCUT2D eigenvalue weighted by atomic mass is 16.5. The van der Waals surface area contributed by atoms with Gasteiger partial charge in [0.15, 0.2) is 11.5 Å². The van der Waals surface area contributed by atoms with E-state index >= 15 is 0 Å². The zero-order valence-electron chi connectivity index (χ0n) is 13.0. The molecule has 2 N–H and O–H groups in total. The summed E-state index contributed by atoms with van der Waals surface area (Å²) in [6, 6.07) is 5.73. The Morgan fingerprint density at radius 3 is 2.86 bits per heavy atom. The maximum absolute atomic E-state index is 11.4. The molecule has 1 aromatic rings. The van der Waals surface area contributed by atoms with Gasteiger partial charge in [0.1, 0.15) is 17.7 Å². The van der Waals surface area contributed by atoms with E-state index in [1.54, 1.807) is 6.92 Å². The summed E-state index contributed by atoms with van der Waals surface area (Å²) in [6.07, 6.45) is 0.822. The number of para-hydroxylation sites is 1. The Hall–Kier alpha value is -1.75. The van der Waals surface area contributed by atoms with Crippen LogP contribution in [0.2, 0.25) is 0 Å². The van der Waals surface area contributed by atoms with Crippen molar-refractivity contribution in [2.45, 2.75) is 45.3 Å². The van der Waals surface area contributed by atoms with E-state index in [0.29, 0.717) is 12.3 Å². The lowest BCUT2D eigenvalue weighted by atomic mass is 10.0. The molecule has 0 radical (unpaired) electrons. The van der Waals surface area contributed by atoms with Crippen LogP contribution in [-0.2, 0) is 11.2 Å². The fourth-order valence-electron chi connectivity index (χ4n) is 2.50. The lowest BCUT2D eigenvalue weighted by Gasteiger charge is -2.26. The average Bonchev–Trinajstić information content (AvgIpc) is 2.70. The summed E-state index contributed by atoms with van der Waals surface area (Å²) >= 11 is 0. The number of hydrogen-bond acceptors (Lipinski definition) is 4. The van der Waals surface area contributed by atoms with Gasteiger partial charge in [-0.15, -0.1) is 0 Å². The van der Waals surface area contributed by atoms with E-state index in [4.69, 9.17) is 9.47 Å². The molecular formula is C16H23NO4. The van der Waals surface area contributed by atoms with Crippen LogP contribution in [0.5, 0.6) is 11.5 Å². The van der Waals surface area contributed by atoms with E-state index in [1.807, 2.05) is 39.0 Å². The third-order valence-electron chi connectivity index (χ3n) is 3.61. The Bertz CT molecular complexity index is 541. The molecule has 0 saturated carbocycles. The molecule has 2 rings (SSSR count). The molecule has 0 spiro atoms. The Morgan fingerprint density at radius 2 is 2.24 bits per heavy atom. The number of nitrogens with one attached hydrogen (secondary N) is 1. The number of benzene rings is 1. The first-order valence-electron chi connectivity index (χ1n) is 7.19. The highest BCUT2D eigenvalue weighted by Gasteiger charge is 2.35. The number of ether oxygens (including phenoxy) is 2. The van der Waals surface area contributed by atoms with E-state index in [0.717, 1.165) is 17.7 Å². The zero-order valence-corrected chi connectivity index (χ0v) is 13.0. The number of carboxylic acids is 1. The molecule has 5 heteroatoms. The fraction of sp³-hybridized carbons (Fsp3) is 0.562. The van der Waals surface area contributed by atoms with Crippen LogP contribution in [0, 0.1) is 0 Å². The second-order valence-electron chi connectivity index (χ2n) is 6.24. The minimum Gasteiger partial charge on any atom is -0.487 e. The highest BCUT2D eigenvalue weighted by Crippen LogP contribution is 2.41. The van der Waals surface area contributed by atoms with E-state index in [1.165, 1.54) is 0 Å². The zero-order chi connectivity index (χ0) is 15.7. The number of hydrogen-bond donors (Lipinski definition) is 2. The van der Waals surface area contributed by atoms with Crippen LogP contribution >= 0.6 is 0 Å². The maximum atomic E-state index is 11.4. The second kappa shape index (κ2) is 5.56. The van der Waals surface area contributed by atoms with Gasteiger partial charge < -0.3 is 14.6 Å². The molecule has 1 aliphatic heterocycles. The topological polar surface area (TPSA) is 67.8 Å². The average molecular weight is 293 g/mol. The quantitative estimate of drug-likeness (QED) is 0.842. The number of likely N-dealkylation sites (N-methyl/N-ethyl adjacent to an activating group) is 1. The van der Waals surface area contributed by atoms with Gasteiger partial charge in [0.05, 0.1) is 0 Å². The first-order chi connectivity index (χ1) is 9.77. The van der Waals surface area contributed by atoms with Crippen molar-refractivity contribution in [3.05, 3.63) is 23.8 Å². The molecule has 0 saturated heterocycles. The van der Waals surface area contributed by atoms with Crippen molar-refractivity contribution in [2.24, 2.45) is 0 Å². The van der Waals surface area contributed by atoms with Crippen LogP contribution in [0.1, 0.15) is 33.3 Å². The van der Waals surface area contributed by atoms with Crippen LogP contribution in [0.25, 0.3) is 0 Å². The minimum atomic E-state index is -1.12. The number of carboxylic acid groups (broad SMARTS) is 1. The lowest BCUT2D eigenvalue weighted by Crippen LogP contribution is -2.53. The first-order valence-corrected chi connectivity index (χ1v) is 7.19. The van der Waals surface area contributed by atoms with Crippen LogP contribution in [0.4, 0.5) is 0 Å². The normalized spacial score (nSPS) is 18.5. The van der Waals surface area contributed by atoms with Crippen LogP contribution < -0.4 is 14.8 Å². The molecule has 0 bridgehead atoms. The Labute approximate surface area is 125 Å². The molecule has 1 aromatic carbocycles. The van der Waals surface area contributed by atoms with E-state index in [9.17, 15) is 9.90 Å². The van der Waals surface area contributed by atoms with Gasteiger partial charge in [0.25, 0.3) is 0 Å². The molecule has 21 heavy (non-hydrogen) atoms. The molecule has 116 valence electrons. The van der Waals surface area contributed by atoms with Gasteiger partial charge >= 0.3 is 5.97 Å². The predicted octanol–water partition coefficient (Wildman–Crippen LogP) is 2.23. The van der Waals surface area contributed by atoms with E-state index in [-0.39, 0.29) is 12.2 Å². The number of rotatable bonds is 6. The van der Waals surface area contributed by atoms with Crippen molar-refractivity contribution in [2.75, 3.05) is 13.2 Å². The Balaban J connectivity index is 2.15. The van der Waals surface area contributed by atoms with Gasteiger partial charge in [-0.1, -0.05) is 19.1 Å². The van der Waals surface area contributed by atoms with Crippen molar-refractivity contribution in [1.82, 2.24) is 5.32 Å². The molecule has 0 aromatic heterocycles. The first kappa shape index (κ1) is 15.6. The summed E-state index contributed by atoms with van der Waals surface area (Å²) in [7, 11) is 0. The number of carbonyl (C=O) groups is 1. The van der Waals surface area contributed by atoms with Crippen molar-refractivity contribution >= 4 is 5.97 Å². The monoisotopic (exact) mass is 293 g/mol. The maximum Gasteiger partial charge on any atom is 0.327 e. The van der Waals surface area contributed by atoms with Gasteiger partial charge in [-0.3, -0.25) is 10.1 Å².